The predicted octanol–water partition coefficient (Wildman–Crippen LogP) is 2.30. The summed E-state index contributed by atoms with van der Waals surface area (Å²) in [5.74, 6) is 0. The van der Waals surface area contributed by atoms with E-state index in [0.717, 1.165) is 15.4 Å². The summed E-state index contributed by atoms with van der Waals surface area (Å²) in [6.45, 7) is 2.69. The summed E-state index contributed by atoms with van der Waals surface area (Å²) in [5, 5.41) is 4.13. The third-order valence-electron chi connectivity index (χ3n) is 2.78. The molecule has 114 valence electrons. The van der Waals surface area contributed by atoms with E-state index in [2.05, 4.69) is 15.0 Å². The van der Waals surface area contributed by atoms with Crippen LogP contribution in [0.15, 0.2) is 29.3 Å². The SMILES string of the molecule is CNCc1ccc(S(=O)(=O)NCc2ncc(C)s2)cc1Cl. The van der Waals surface area contributed by atoms with E-state index >= 15 is 0 Å². The van der Waals surface area contributed by atoms with Crippen molar-refractivity contribution < 1.29 is 8.42 Å². The number of sulfonamides is 1. The lowest BCUT2D eigenvalue weighted by Crippen LogP contribution is -2.23. The first-order valence-electron chi connectivity index (χ1n) is 6.26. The number of aryl methyl sites for hydroxylation is 1. The highest BCUT2D eigenvalue weighted by molar-refractivity contribution is 7.89. The Morgan fingerprint density at radius 2 is 2.10 bits per heavy atom. The minimum Gasteiger partial charge on any atom is -0.316 e. The molecule has 2 rings (SSSR count). The summed E-state index contributed by atoms with van der Waals surface area (Å²) < 4.78 is 27.0. The molecule has 0 amide bonds. The maximum atomic E-state index is 12.2. The van der Waals surface area contributed by atoms with E-state index < -0.39 is 10.0 Å². The molecule has 0 saturated carbocycles. The molecule has 0 unspecified atom stereocenters. The fourth-order valence-electron chi connectivity index (χ4n) is 1.75. The Balaban J connectivity index is 2.13. The van der Waals surface area contributed by atoms with Crippen LogP contribution in [-0.4, -0.2) is 20.4 Å². The zero-order valence-electron chi connectivity index (χ0n) is 11.7. The quantitative estimate of drug-likeness (QED) is 0.842. The Bertz CT molecular complexity index is 729. The third kappa shape index (κ3) is 4.24. The molecule has 21 heavy (non-hydrogen) atoms. The van der Waals surface area contributed by atoms with Gasteiger partial charge in [-0.3, -0.25) is 0 Å². The van der Waals surface area contributed by atoms with Gasteiger partial charge in [0, 0.05) is 22.6 Å². The molecule has 8 heteroatoms. The van der Waals surface area contributed by atoms with Crippen molar-refractivity contribution in [3.63, 3.8) is 0 Å². The number of rotatable bonds is 6. The second kappa shape index (κ2) is 6.85. The smallest absolute Gasteiger partial charge is 0.241 e. The van der Waals surface area contributed by atoms with Crippen LogP contribution in [0.25, 0.3) is 0 Å². The van der Waals surface area contributed by atoms with Gasteiger partial charge in [0.2, 0.25) is 10.0 Å². The number of benzene rings is 1. The fraction of sp³-hybridized carbons (Fsp3) is 0.308. The van der Waals surface area contributed by atoms with E-state index in [4.69, 9.17) is 11.6 Å². The Morgan fingerprint density at radius 1 is 1.33 bits per heavy atom. The number of nitrogens with zero attached hydrogens (tertiary/aromatic N) is 1. The van der Waals surface area contributed by atoms with Gasteiger partial charge in [-0.1, -0.05) is 17.7 Å². The first-order chi connectivity index (χ1) is 9.92. The minimum atomic E-state index is -3.59. The minimum absolute atomic E-state index is 0.153. The van der Waals surface area contributed by atoms with Crippen LogP contribution in [0.5, 0.6) is 0 Å². The largest absolute Gasteiger partial charge is 0.316 e. The summed E-state index contributed by atoms with van der Waals surface area (Å²) in [7, 11) is -1.79. The molecular formula is C13H16ClN3O2S2. The third-order valence-corrected chi connectivity index (χ3v) is 5.45. The van der Waals surface area contributed by atoms with Crippen LogP contribution in [-0.2, 0) is 23.1 Å². The molecule has 0 aliphatic heterocycles. The van der Waals surface area contributed by atoms with Gasteiger partial charge < -0.3 is 5.32 Å². The molecule has 1 aromatic carbocycles. The highest BCUT2D eigenvalue weighted by atomic mass is 35.5. The van der Waals surface area contributed by atoms with Gasteiger partial charge in [-0.15, -0.1) is 11.3 Å². The maximum Gasteiger partial charge on any atom is 0.241 e. The standard InChI is InChI=1S/C13H16ClN3O2S2/c1-9-6-16-13(20-9)8-17-21(18,19)11-4-3-10(7-15-2)12(14)5-11/h3-6,15,17H,7-8H2,1-2H3. The number of thiazole rings is 1. The number of aromatic nitrogens is 1. The lowest BCUT2D eigenvalue weighted by molar-refractivity contribution is 0.581. The number of nitrogens with one attached hydrogen (secondary N) is 2. The van der Waals surface area contributed by atoms with E-state index in [1.807, 2.05) is 6.92 Å². The summed E-state index contributed by atoms with van der Waals surface area (Å²) in [6.07, 6.45) is 1.72. The summed E-state index contributed by atoms with van der Waals surface area (Å²) in [6, 6.07) is 4.72. The molecule has 1 aromatic heterocycles. The number of halogens is 1. The molecule has 0 radical (unpaired) electrons. The van der Waals surface area contributed by atoms with E-state index in [1.54, 1.807) is 25.4 Å². The van der Waals surface area contributed by atoms with E-state index in [0.29, 0.717) is 11.6 Å². The van der Waals surface area contributed by atoms with Crippen LogP contribution in [0.4, 0.5) is 0 Å². The highest BCUT2D eigenvalue weighted by Crippen LogP contribution is 2.21. The van der Waals surface area contributed by atoms with Crippen molar-refractivity contribution >= 4 is 33.0 Å². The van der Waals surface area contributed by atoms with Gasteiger partial charge >= 0.3 is 0 Å². The molecule has 5 nitrogen and oxygen atoms in total. The summed E-state index contributed by atoms with van der Waals surface area (Å²) in [4.78, 5) is 5.32. The van der Waals surface area contributed by atoms with E-state index in [1.165, 1.54) is 17.4 Å². The molecule has 2 aromatic rings. The van der Waals surface area contributed by atoms with Crippen LogP contribution in [0.3, 0.4) is 0 Å². The topological polar surface area (TPSA) is 71.1 Å². The zero-order chi connectivity index (χ0) is 15.5. The molecule has 0 aliphatic rings. The average molecular weight is 346 g/mol. The van der Waals surface area contributed by atoms with Gasteiger partial charge in [-0.2, -0.15) is 0 Å². The van der Waals surface area contributed by atoms with Crippen molar-refractivity contribution in [1.82, 2.24) is 15.0 Å². The van der Waals surface area contributed by atoms with Gasteiger partial charge in [0.15, 0.2) is 0 Å². The number of hydrogen-bond acceptors (Lipinski definition) is 5. The first-order valence-corrected chi connectivity index (χ1v) is 8.94. The van der Waals surface area contributed by atoms with Crippen molar-refractivity contribution in [3.05, 3.63) is 44.9 Å². The van der Waals surface area contributed by atoms with Crippen molar-refractivity contribution in [2.24, 2.45) is 0 Å². The van der Waals surface area contributed by atoms with Crippen molar-refractivity contribution in [2.75, 3.05) is 7.05 Å². The molecule has 0 atom stereocenters. The molecule has 0 spiro atoms. The Labute approximate surface area is 133 Å². The molecule has 0 bridgehead atoms. The van der Waals surface area contributed by atoms with E-state index in [9.17, 15) is 8.42 Å². The van der Waals surface area contributed by atoms with Crippen LogP contribution in [0.1, 0.15) is 15.4 Å². The van der Waals surface area contributed by atoms with Crippen LogP contribution in [0.2, 0.25) is 5.02 Å². The van der Waals surface area contributed by atoms with Crippen molar-refractivity contribution in [1.29, 1.82) is 0 Å². The normalized spacial score (nSPS) is 11.8. The predicted molar refractivity (Wildman–Crippen MR) is 85.1 cm³/mol. The van der Waals surface area contributed by atoms with E-state index in [-0.39, 0.29) is 11.4 Å². The van der Waals surface area contributed by atoms with Crippen molar-refractivity contribution in [2.45, 2.75) is 24.9 Å². The van der Waals surface area contributed by atoms with Gasteiger partial charge in [0.25, 0.3) is 0 Å². The van der Waals surface area contributed by atoms with Gasteiger partial charge in [0.1, 0.15) is 5.01 Å². The van der Waals surface area contributed by atoms with Crippen molar-refractivity contribution in [3.8, 4) is 0 Å². The molecule has 1 heterocycles. The molecule has 0 fully saturated rings. The second-order valence-electron chi connectivity index (χ2n) is 4.47. The van der Waals surface area contributed by atoms with Crippen LogP contribution in [0, 0.1) is 6.92 Å². The van der Waals surface area contributed by atoms with Gasteiger partial charge in [0.05, 0.1) is 11.4 Å². The van der Waals surface area contributed by atoms with Crippen LogP contribution < -0.4 is 10.0 Å². The Hall–Kier alpha value is -0.990. The van der Waals surface area contributed by atoms with Gasteiger partial charge in [-0.25, -0.2) is 18.1 Å². The monoisotopic (exact) mass is 345 g/mol. The molecule has 0 saturated heterocycles. The molecular weight excluding hydrogens is 330 g/mol. The van der Waals surface area contributed by atoms with Gasteiger partial charge in [-0.05, 0) is 31.7 Å². The molecule has 2 N–H and O–H groups in total. The molecule has 0 aliphatic carbocycles. The Morgan fingerprint density at radius 3 is 2.67 bits per heavy atom. The number of hydrogen-bond donors (Lipinski definition) is 2. The lowest BCUT2D eigenvalue weighted by Gasteiger charge is -2.08. The summed E-state index contributed by atoms with van der Waals surface area (Å²) >= 11 is 7.56. The maximum absolute atomic E-state index is 12.2. The average Bonchev–Trinajstić information content (AvgIpc) is 2.85. The fourth-order valence-corrected chi connectivity index (χ4v) is 3.90. The highest BCUT2D eigenvalue weighted by Gasteiger charge is 2.16. The summed E-state index contributed by atoms with van der Waals surface area (Å²) in [5.41, 5.74) is 0.855. The Kier molecular flexibility index (Phi) is 5.34. The zero-order valence-corrected chi connectivity index (χ0v) is 14.1. The van der Waals surface area contributed by atoms with Crippen LogP contribution >= 0.6 is 22.9 Å². The lowest BCUT2D eigenvalue weighted by atomic mass is 10.2. The second-order valence-corrected chi connectivity index (χ2v) is 7.97. The first kappa shape index (κ1) is 16.4.